The second-order valence-corrected chi connectivity index (χ2v) is 7.89. The van der Waals surface area contributed by atoms with Crippen molar-refractivity contribution >= 4 is 35.5 Å². The summed E-state index contributed by atoms with van der Waals surface area (Å²) in [5.74, 6) is 0.393. The highest BCUT2D eigenvalue weighted by atomic mass is 16.3. The van der Waals surface area contributed by atoms with Crippen molar-refractivity contribution < 1.29 is 14.7 Å². The zero-order valence-corrected chi connectivity index (χ0v) is 19.1. The Morgan fingerprint density at radius 1 is 1.18 bits per heavy atom. The van der Waals surface area contributed by atoms with Crippen LogP contribution < -0.4 is 27.1 Å². The number of allylic oxidation sites excluding steroid dienone is 2. The van der Waals surface area contributed by atoms with Crippen LogP contribution in [0.4, 0.5) is 10.6 Å². The Labute approximate surface area is 196 Å². The summed E-state index contributed by atoms with van der Waals surface area (Å²) in [5.41, 5.74) is 8.48. The maximum atomic E-state index is 12.5. The molecule has 4 rings (SSSR count). The number of hydrogen-bond donors (Lipinski definition) is 4. The van der Waals surface area contributed by atoms with Gasteiger partial charge in [0.15, 0.2) is 5.82 Å². The molecule has 0 fully saturated rings. The lowest BCUT2D eigenvalue weighted by molar-refractivity contribution is 0.0931. The highest BCUT2D eigenvalue weighted by Gasteiger charge is 2.20. The van der Waals surface area contributed by atoms with Gasteiger partial charge in [0.1, 0.15) is 5.82 Å². The van der Waals surface area contributed by atoms with Crippen LogP contribution in [0.5, 0.6) is 0 Å². The molecule has 2 aromatic heterocycles. The lowest BCUT2D eigenvalue weighted by atomic mass is 10.0. The number of para-hydroxylation sites is 1. The monoisotopic (exact) mass is 461 g/mol. The number of rotatable bonds is 6. The van der Waals surface area contributed by atoms with Crippen LogP contribution in [-0.2, 0) is 7.05 Å². The molecule has 0 aliphatic heterocycles. The number of aromatic nitrogens is 4. The van der Waals surface area contributed by atoms with Crippen molar-refractivity contribution in [2.45, 2.75) is 19.8 Å². The third-order valence-corrected chi connectivity index (χ3v) is 5.57. The Morgan fingerprint density at radius 3 is 2.62 bits per heavy atom. The van der Waals surface area contributed by atoms with Gasteiger partial charge in [-0.2, -0.15) is 5.10 Å². The van der Waals surface area contributed by atoms with Gasteiger partial charge >= 0.3 is 6.03 Å². The first-order valence-electron chi connectivity index (χ1n) is 11.0. The van der Waals surface area contributed by atoms with Gasteiger partial charge in [0.05, 0.1) is 28.7 Å². The molecule has 1 aromatic carbocycles. The van der Waals surface area contributed by atoms with Crippen LogP contribution in [0.3, 0.4) is 0 Å². The number of imidazole rings is 1. The summed E-state index contributed by atoms with van der Waals surface area (Å²) in [5, 5.41) is 20.6. The molecule has 1 aliphatic rings. The highest BCUT2D eigenvalue weighted by molar-refractivity contribution is 5.94. The normalized spacial score (nSPS) is 16.5. The molecule has 0 saturated carbocycles. The van der Waals surface area contributed by atoms with Crippen LogP contribution in [-0.4, -0.2) is 49.5 Å². The number of urea groups is 1. The van der Waals surface area contributed by atoms with Gasteiger partial charge in [0, 0.05) is 24.7 Å². The molecular weight excluding hydrogens is 434 g/mol. The number of fused-ring (bicyclic) bond motifs is 1. The number of nitrogens with zero attached hydrogens (tertiary/aromatic N) is 4. The average Bonchev–Trinajstić information content (AvgIpc) is 3.28. The summed E-state index contributed by atoms with van der Waals surface area (Å²) < 4.78 is 3.40. The van der Waals surface area contributed by atoms with E-state index in [1.807, 2.05) is 49.4 Å². The fourth-order valence-corrected chi connectivity index (χ4v) is 3.95. The van der Waals surface area contributed by atoms with Gasteiger partial charge in [0.2, 0.25) is 0 Å². The number of hydrogen-bond acceptors (Lipinski definition) is 5. The number of carbonyl (C=O) groups excluding carboxylic acids is 2. The maximum Gasteiger partial charge on any atom is 0.317 e. The molecule has 3 amide bonds. The average molecular weight is 462 g/mol. The number of nitrogens with two attached hydrogens (primary N) is 1. The molecule has 0 unspecified atom stereocenters. The van der Waals surface area contributed by atoms with Crippen molar-refractivity contribution in [2.24, 2.45) is 12.8 Å². The molecule has 1 aliphatic carbocycles. The van der Waals surface area contributed by atoms with E-state index in [1.165, 1.54) is 0 Å². The van der Waals surface area contributed by atoms with E-state index in [-0.39, 0.29) is 24.9 Å². The molecule has 0 atom stereocenters. The van der Waals surface area contributed by atoms with E-state index in [9.17, 15) is 9.59 Å². The third-order valence-electron chi connectivity index (χ3n) is 5.57. The predicted molar refractivity (Wildman–Crippen MR) is 130 cm³/mol. The first kappa shape index (κ1) is 23.0. The van der Waals surface area contributed by atoms with Crippen molar-refractivity contribution in [3.8, 4) is 5.69 Å². The maximum absolute atomic E-state index is 12.5. The van der Waals surface area contributed by atoms with Gasteiger partial charge < -0.3 is 20.7 Å². The molecule has 0 radical (unpaired) electrons. The smallest absolute Gasteiger partial charge is 0.317 e. The Morgan fingerprint density at radius 2 is 1.91 bits per heavy atom. The van der Waals surface area contributed by atoms with E-state index < -0.39 is 6.03 Å². The summed E-state index contributed by atoms with van der Waals surface area (Å²) in [6, 6.07) is 8.79. The fraction of sp³-hybridized carbons (Fsp3) is 0.250. The lowest BCUT2D eigenvalue weighted by Gasteiger charge is -2.07. The SMILES string of the molecule is Cc1c(C2=C/CC/C=c3/c(nc(C(=O)NCCO)n3C)=C\2)nn(-c2ccccc2)c1NC(N)=O. The number of aliphatic hydroxyl groups excluding tert-OH is 1. The zero-order chi connectivity index (χ0) is 24.2. The Balaban J connectivity index is 1.85. The first-order valence-corrected chi connectivity index (χ1v) is 11.0. The van der Waals surface area contributed by atoms with Crippen molar-refractivity contribution in [3.63, 3.8) is 0 Å². The van der Waals surface area contributed by atoms with Crippen molar-refractivity contribution in [1.82, 2.24) is 24.6 Å². The molecule has 34 heavy (non-hydrogen) atoms. The largest absolute Gasteiger partial charge is 0.395 e. The minimum atomic E-state index is -0.678. The molecule has 5 N–H and O–H groups in total. The quantitative estimate of drug-likeness (QED) is 0.425. The molecule has 176 valence electrons. The number of carbonyl (C=O) groups is 2. The molecule has 0 spiro atoms. The van der Waals surface area contributed by atoms with E-state index in [1.54, 1.807) is 16.3 Å². The molecule has 10 heteroatoms. The van der Waals surface area contributed by atoms with Gasteiger partial charge in [-0.1, -0.05) is 30.4 Å². The van der Waals surface area contributed by atoms with Crippen LogP contribution in [0.2, 0.25) is 0 Å². The first-order chi connectivity index (χ1) is 16.4. The van der Waals surface area contributed by atoms with Crippen LogP contribution in [0.25, 0.3) is 23.4 Å². The standard InChI is InChI=1S/C24H27N7O3/c1-15-20(29-31(21(15)28-24(25)34)17-9-4-3-5-10-17)16-8-6-7-11-19-18(14-16)27-22(30(19)2)23(33)26-12-13-32/h3-5,8-11,14,32H,6-7,12-13H2,1-2H3,(H,26,33)(H3,25,28,34)/b16-8+,18-14+,19-11-. The van der Waals surface area contributed by atoms with Gasteiger partial charge in [-0.15, -0.1) is 0 Å². The molecule has 3 aromatic rings. The van der Waals surface area contributed by atoms with Crippen LogP contribution in [0, 0.1) is 6.92 Å². The van der Waals surface area contributed by atoms with Crippen LogP contribution >= 0.6 is 0 Å². The van der Waals surface area contributed by atoms with Crippen LogP contribution in [0.15, 0.2) is 36.4 Å². The van der Waals surface area contributed by atoms with Crippen molar-refractivity contribution in [3.05, 3.63) is 64.2 Å². The van der Waals surface area contributed by atoms with E-state index in [2.05, 4.69) is 21.7 Å². The molecule has 0 bridgehead atoms. The Kier molecular flexibility index (Phi) is 6.60. The van der Waals surface area contributed by atoms with E-state index in [0.717, 1.165) is 35.0 Å². The summed E-state index contributed by atoms with van der Waals surface area (Å²) in [6.45, 7) is 1.88. The number of benzene rings is 1. The predicted octanol–water partition coefficient (Wildman–Crippen LogP) is 0.565. The minimum Gasteiger partial charge on any atom is -0.395 e. The van der Waals surface area contributed by atoms with Crippen molar-refractivity contribution in [1.29, 1.82) is 0 Å². The third kappa shape index (κ3) is 4.48. The molecule has 0 saturated heterocycles. The topological polar surface area (TPSA) is 140 Å². The summed E-state index contributed by atoms with van der Waals surface area (Å²) in [4.78, 5) is 28.8. The molecule has 10 nitrogen and oxygen atoms in total. The highest BCUT2D eigenvalue weighted by Crippen LogP contribution is 2.29. The zero-order valence-electron chi connectivity index (χ0n) is 19.1. The van der Waals surface area contributed by atoms with Gasteiger partial charge in [0.25, 0.3) is 5.91 Å². The number of nitrogens with one attached hydrogen (secondary N) is 2. The number of aliphatic hydroxyl groups is 1. The van der Waals surface area contributed by atoms with E-state index in [4.69, 9.17) is 15.9 Å². The summed E-state index contributed by atoms with van der Waals surface area (Å²) in [7, 11) is 1.79. The second kappa shape index (κ2) is 9.75. The van der Waals surface area contributed by atoms with Crippen LogP contribution in [0.1, 0.15) is 34.7 Å². The van der Waals surface area contributed by atoms with Crippen molar-refractivity contribution in [2.75, 3.05) is 18.5 Å². The van der Waals surface area contributed by atoms with E-state index in [0.29, 0.717) is 16.9 Å². The van der Waals surface area contributed by atoms with Gasteiger partial charge in [-0.25, -0.2) is 14.5 Å². The van der Waals surface area contributed by atoms with Gasteiger partial charge in [-0.05, 0) is 38.0 Å². The lowest BCUT2D eigenvalue weighted by Crippen LogP contribution is -2.31. The number of primary amides is 1. The molecular formula is C24H27N7O3. The molecule has 2 heterocycles. The summed E-state index contributed by atoms with van der Waals surface area (Å²) >= 11 is 0. The Hall–Kier alpha value is -4.18. The minimum absolute atomic E-state index is 0.147. The van der Waals surface area contributed by atoms with E-state index >= 15 is 0 Å². The summed E-state index contributed by atoms with van der Waals surface area (Å²) in [6.07, 6.45) is 7.53. The van der Waals surface area contributed by atoms with Gasteiger partial charge in [-0.3, -0.25) is 10.1 Å². The number of amides is 3. The Bertz CT molecular complexity index is 1380. The fourth-order valence-electron chi connectivity index (χ4n) is 3.95. The number of anilines is 1. The second-order valence-electron chi connectivity index (χ2n) is 7.89.